The molecule has 22 heavy (non-hydrogen) atoms. The monoisotopic (exact) mass is 296 g/mol. The van der Waals surface area contributed by atoms with Gasteiger partial charge in [-0.05, 0) is 29.3 Å². The molecule has 0 aliphatic rings. The van der Waals surface area contributed by atoms with Gasteiger partial charge in [0.2, 0.25) is 0 Å². The maximum Gasteiger partial charge on any atom is 0.319 e. The van der Waals surface area contributed by atoms with E-state index in [9.17, 15) is 4.79 Å². The summed E-state index contributed by atoms with van der Waals surface area (Å²) in [6.45, 7) is 0.439. The average molecular weight is 296 g/mol. The van der Waals surface area contributed by atoms with Crippen LogP contribution in [0.1, 0.15) is 11.1 Å². The Hall–Kier alpha value is -2.86. The molecule has 1 heterocycles. The summed E-state index contributed by atoms with van der Waals surface area (Å²) in [7, 11) is 0. The molecule has 0 saturated carbocycles. The number of imidazole rings is 1. The lowest BCUT2D eigenvalue weighted by atomic mass is 10.1. The van der Waals surface area contributed by atoms with Gasteiger partial charge in [-0.25, -0.2) is 9.78 Å². The summed E-state index contributed by atoms with van der Waals surface area (Å²) in [5.41, 5.74) is 4.25. The number of H-pyrrole nitrogens is 1. The maximum atomic E-state index is 11.9. The summed E-state index contributed by atoms with van der Waals surface area (Å²) in [5.74, 6) is 0. The molecule has 4 N–H and O–H groups in total. The minimum Gasteiger partial charge on any atom is -0.392 e. The van der Waals surface area contributed by atoms with Gasteiger partial charge in [-0.3, -0.25) is 0 Å². The van der Waals surface area contributed by atoms with Crippen molar-refractivity contribution in [2.75, 3.05) is 5.32 Å². The van der Waals surface area contributed by atoms with Crippen LogP contribution in [-0.4, -0.2) is 21.1 Å². The fourth-order valence-corrected chi connectivity index (χ4v) is 2.13. The number of rotatable bonds is 4. The highest BCUT2D eigenvalue weighted by molar-refractivity contribution is 5.91. The number of urea groups is 1. The second-order valence-corrected chi connectivity index (χ2v) is 4.92. The standard InChI is InChI=1S/C16H16N4O2/c21-9-12-3-1-11(2-4-12)8-17-16(22)20-13-5-6-14-15(7-13)19-10-18-14/h1-7,10,21H,8-9H2,(H,18,19)(H2,17,20,22). The number of benzene rings is 2. The predicted octanol–water partition coefficient (Wildman–Crippen LogP) is 2.38. The molecule has 0 spiro atoms. The second kappa shape index (κ2) is 6.28. The molecule has 6 nitrogen and oxygen atoms in total. The van der Waals surface area contributed by atoms with E-state index in [1.54, 1.807) is 12.4 Å². The molecule has 0 aliphatic carbocycles. The number of fused-ring (bicyclic) bond motifs is 1. The van der Waals surface area contributed by atoms with Gasteiger partial charge in [0.25, 0.3) is 0 Å². The number of carbonyl (C=O) groups excluding carboxylic acids is 1. The van der Waals surface area contributed by atoms with Crippen molar-refractivity contribution in [3.63, 3.8) is 0 Å². The summed E-state index contributed by atoms with van der Waals surface area (Å²) >= 11 is 0. The third-order valence-electron chi connectivity index (χ3n) is 3.34. The van der Waals surface area contributed by atoms with E-state index in [0.29, 0.717) is 12.2 Å². The zero-order chi connectivity index (χ0) is 15.4. The highest BCUT2D eigenvalue weighted by Crippen LogP contribution is 2.15. The first-order chi connectivity index (χ1) is 10.7. The van der Waals surface area contributed by atoms with Crippen molar-refractivity contribution in [1.29, 1.82) is 0 Å². The normalized spacial score (nSPS) is 10.6. The van der Waals surface area contributed by atoms with E-state index in [1.165, 1.54) is 0 Å². The van der Waals surface area contributed by atoms with Gasteiger partial charge in [0.15, 0.2) is 0 Å². The molecule has 3 aromatic rings. The Balaban J connectivity index is 1.57. The number of aromatic amines is 1. The van der Waals surface area contributed by atoms with Gasteiger partial charge >= 0.3 is 6.03 Å². The molecule has 0 radical (unpaired) electrons. The summed E-state index contributed by atoms with van der Waals surface area (Å²) in [4.78, 5) is 19.0. The number of aromatic nitrogens is 2. The van der Waals surface area contributed by atoms with Crippen molar-refractivity contribution in [3.05, 3.63) is 59.9 Å². The first-order valence-corrected chi connectivity index (χ1v) is 6.91. The van der Waals surface area contributed by atoms with Crippen molar-refractivity contribution in [3.8, 4) is 0 Å². The van der Waals surface area contributed by atoms with Crippen LogP contribution in [0.25, 0.3) is 11.0 Å². The van der Waals surface area contributed by atoms with Crippen LogP contribution >= 0.6 is 0 Å². The third-order valence-corrected chi connectivity index (χ3v) is 3.34. The minimum atomic E-state index is -0.273. The quantitative estimate of drug-likeness (QED) is 0.596. The lowest BCUT2D eigenvalue weighted by Gasteiger charge is -2.08. The van der Waals surface area contributed by atoms with Gasteiger partial charge in [-0.1, -0.05) is 24.3 Å². The Morgan fingerprint density at radius 2 is 1.91 bits per heavy atom. The number of aliphatic hydroxyl groups is 1. The Labute approximate surface area is 127 Å². The topological polar surface area (TPSA) is 90.0 Å². The molecule has 6 heteroatoms. The number of anilines is 1. The second-order valence-electron chi connectivity index (χ2n) is 4.92. The van der Waals surface area contributed by atoms with Crippen molar-refractivity contribution in [1.82, 2.24) is 15.3 Å². The highest BCUT2D eigenvalue weighted by atomic mass is 16.3. The van der Waals surface area contributed by atoms with E-state index in [4.69, 9.17) is 5.11 Å². The van der Waals surface area contributed by atoms with Crippen LogP contribution in [0.4, 0.5) is 10.5 Å². The molecule has 0 aliphatic heterocycles. The van der Waals surface area contributed by atoms with Gasteiger partial charge in [-0.2, -0.15) is 0 Å². The smallest absolute Gasteiger partial charge is 0.319 e. The van der Waals surface area contributed by atoms with E-state index >= 15 is 0 Å². The molecule has 0 bridgehead atoms. The first-order valence-electron chi connectivity index (χ1n) is 6.91. The lowest BCUT2D eigenvalue weighted by Crippen LogP contribution is -2.28. The van der Waals surface area contributed by atoms with Gasteiger partial charge in [-0.15, -0.1) is 0 Å². The minimum absolute atomic E-state index is 0.0181. The molecule has 0 saturated heterocycles. The molecule has 3 rings (SSSR count). The molecule has 0 atom stereocenters. The fraction of sp³-hybridized carbons (Fsp3) is 0.125. The number of hydrogen-bond acceptors (Lipinski definition) is 3. The summed E-state index contributed by atoms with van der Waals surface area (Å²) in [5, 5.41) is 14.6. The zero-order valence-electron chi connectivity index (χ0n) is 11.8. The molecular weight excluding hydrogens is 280 g/mol. The molecular formula is C16H16N4O2. The van der Waals surface area contributed by atoms with E-state index in [2.05, 4.69) is 20.6 Å². The van der Waals surface area contributed by atoms with E-state index in [0.717, 1.165) is 22.2 Å². The van der Waals surface area contributed by atoms with Gasteiger partial charge in [0.1, 0.15) is 0 Å². The molecule has 0 unspecified atom stereocenters. The van der Waals surface area contributed by atoms with Crippen LogP contribution in [0.5, 0.6) is 0 Å². The van der Waals surface area contributed by atoms with Crippen molar-refractivity contribution >= 4 is 22.8 Å². The number of aliphatic hydroxyl groups excluding tert-OH is 1. The third kappa shape index (κ3) is 3.24. The average Bonchev–Trinajstić information content (AvgIpc) is 3.01. The van der Waals surface area contributed by atoms with E-state index in [-0.39, 0.29) is 12.6 Å². The zero-order valence-corrected chi connectivity index (χ0v) is 11.8. The highest BCUT2D eigenvalue weighted by Gasteiger charge is 2.03. The molecule has 0 fully saturated rings. The predicted molar refractivity (Wildman–Crippen MR) is 84.3 cm³/mol. The van der Waals surface area contributed by atoms with Crippen LogP contribution < -0.4 is 10.6 Å². The Kier molecular flexibility index (Phi) is 4.02. The molecule has 1 aromatic heterocycles. The Morgan fingerprint density at radius 1 is 1.14 bits per heavy atom. The SMILES string of the molecule is O=C(NCc1ccc(CO)cc1)Nc1ccc2nc[nH]c2c1. The van der Waals surface area contributed by atoms with Crippen molar-refractivity contribution in [2.45, 2.75) is 13.2 Å². The van der Waals surface area contributed by atoms with Crippen LogP contribution in [-0.2, 0) is 13.2 Å². The summed E-state index contributed by atoms with van der Waals surface area (Å²) < 4.78 is 0. The van der Waals surface area contributed by atoms with Gasteiger partial charge in [0.05, 0.1) is 24.0 Å². The van der Waals surface area contributed by atoms with Crippen LogP contribution in [0, 0.1) is 0 Å². The molecule has 2 aromatic carbocycles. The van der Waals surface area contributed by atoms with Gasteiger partial charge < -0.3 is 20.7 Å². The first kappa shape index (κ1) is 14.1. The lowest BCUT2D eigenvalue weighted by molar-refractivity contribution is 0.251. The van der Waals surface area contributed by atoms with Gasteiger partial charge in [0, 0.05) is 12.2 Å². The summed E-state index contributed by atoms with van der Waals surface area (Å²) in [6.07, 6.45) is 1.62. The number of nitrogens with one attached hydrogen (secondary N) is 3. The van der Waals surface area contributed by atoms with Crippen molar-refractivity contribution in [2.24, 2.45) is 0 Å². The maximum absolute atomic E-state index is 11.9. The number of carbonyl (C=O) groups is 1. The largest absolute Gasteiger partial charge is 0.392 e. The van der Waals surface area contributed by atoms with Crippen LogP contribution in [0.2, 0.25) is 0 Å². The number of amides is 2. The number of hydrogen-bond donors (Lipinski definition) is 4. The Bertz CT molecular complexity index is 780. The van der Waals surface area contributed by atoms with E-state index in [1.807, 2.05) is 36.4 Å². The van der Waals surface area contributed by atoms with Crippen LogP contribution in [0.15, 0.2) is 48.8 Å². The van der Waals surface area contributed by atoms with Crippen LogP contribution in [0.3, 0.4) is 0 Å². The summed E-state index contributed by atoms with van der Waals surface area (Å²) in [6, 6.07) is 12.6. The number of nitrogens with zero attached hydrogens (tertiary/aromatic N) is 1. The van der Waals surface area contributed by atoms with Crippen molar-refractivity contribution < 1.29 is 9.90 Å². The van der Waals surface area contributed by atoms with E-state index < -0.39 is 0 Å². The molecule has 112 valence electrons. The fourth-order valence-electron chi connectivity index (χ4n) is 2.13. The Morgan fingerprint density at radius 3 is 2.68 bits per heavy atom. The molecule has 2 amide bonds.